The average Bonchev–Trinajstić information content (AvgIpc) is 2.66. The molecule has 1 aromatic rings. The van der Waals surface area contributed by atoms with Crippen LogP contribution in [0.15, 0.2) is 9.59 Å². The van der Waals surface area contributed by atoms with Gasteiger partial charge in [0.15, 0.2) is 0 Å². The molecule has 0 fully saturated rings. The smallest absolute Gasteiger partial charge is 0.330 e. The molecule has 0 saturated heterocycles. The van der Waals surface area contributed by atoms with Gasteiger partial charge in [-0.1, -0.05) is 0 Å². The van der Waals surface area contributed by atoms with Crippen molar-refractivity contribution in [2.45, 2.75) is 18.9 Å². The number of carbonyl (C=O) groups excluding carboxylic acids is 1. The molecule has 1 aliphatic heterocycles. The summed E-state index contributed by atoms with van der Waals surface area (Å²) in [5, 5.41) is 11.2. The second-order valence-corrected chi connectivity index (χ2v) is 4.31. The number of aromatic nitrogens is 2. The minimum absolute atomic E-state index is 0.0203. The van der Waals surface area contributed by atoms with E-state index >= 15 is 0 Å². The van der Waals surface area contributed by atoms with E-state index in [0.717, 1.165) is 4.57 Å². The highest BCUT2D eigenvalue weighted by atomic mass is 16.5. The highest BCUT2D eigenvalue weighted by Gasteiger charge is 2.37. The lowest BCUT2D eigenvalue weighted by atomic mass is 10.00. The van der Waals surface area contributed by atoms with E-state index in [9.17, 15) is 19.2 Å². The fraction of sp³-hybridized carbons (Fsp3) is 0.455. The van der Waals surface area contributed by atoms with Gasteiger partial charge in [0.2, 0.25) is 5.91 Å². The van der Waals surface area contributed by atoms with Crippen LogP contribution in [0.2, 0.25) is 0 Å². The zero-order valence-electron chi connectivity index (χ0n) is 10.6. The summed E-state index contributed by atoms with van der Waals surface area (Å²) < 4.78 is 6.00. The van der Waals surface area contributed by atoms with Gasteiger partial charge < -0.3 is 15.2 Å². The van der Waals surface area contributed by atoms with Crippen molar-refractivity contribution in [1.82, 2.24) is 9.55 Å². The number of carbonyl (C=O) groups is 2. The molecule has 1 aliphatic rings. The number of nitrogens with one attached hydrogen (secondary N) is 2. The molecule has 0 aromatic carbocycles. The number of aliphatic carboxylic acids is 1. The second-order valence-electron chi connectivity index (χ2n) is 4.31. The van der Waals surface area contributed by atoms with Gasteiger partial charge in [0, 0.05) is 7.11 Å². The van der Waals surface area contributed by atoms with Crippen LogP contribution >= 0.6 is 0 Å². The predicted molar refractivity (Wildman–Crippen MR) is 66.8 cm³/mol. The fourth-order valence-corrected chi connectivity index (χ4v) is 2.14. The second kappa shape index (κ2) is 5.29. The van der Waals surface area contributed by atoms with Crippen LogP contribution in [0.3, 0.4) is 0 Å². The van der Waals surface area contributed by atoms with E-state index in [1.165, 1.54) is 7.11 Å². The summed E-state index contributed by atoms with van der Waals surface area (Å²) in [6.07, 6.45) is -0.510. The summed E-state index contributed by atoms with van der Waals surface area (Å²) in [6, 6.07) is 0. The maximum Gasteiger partial charge on any atom is 0.330 e. The third-order valence-corrected chi connectivity index (χ3v) is 3.04. The van der Waals surface area contributed by atoms with Crippen LogP contribution in [0, 0.1) is 0 Å². The van der Waals surface area contributed by atoms with Gasteiger partial charge >= 0.3 is 11.7 Å². The lowest BCUT2D eigenvalue weighted by Crippen LogP contribution is -2.33. The average molecular weight is 283 g/mol. The predicted octanol–water partition coefficient (Wildman–Crippen LogP) is -1.31. The highest BCUT2D eigenvalue weighted by molar-refractivity contribution is 6.03. The highest BCUT2D eigenvalue weighted by Crippen LogP contribution is 2.30. The van der Waals surface area contributed by atoms with Crippen LogP contribution in [0.25, 0.3) is 0 Å². The van der Waals surface area contributed by atoms with Crippen molar-refractivity contribution in [3.05, 3.63) is 26.4 Å². The number of rotatable bonds is 5. The number of aromatic amines is 1. The van der Waals surface area contributed by atoms with Gasteiger partial charge in [-0.15, -0.1) is 0 Å². The maximum atomic E-state index is 11.8. The van der Waals surface area contributed by atoms with Crippen LogP contribution in [0.1, 0.15) is 17.9 Å². The van der Waals surface area contributed by atoms with Crippen LogP contribution < -0.4 is 16.6 Å². The SMILES string of the molecule is COCCn1c2c(c(=O)[nH]c1=O)C(CC(=O)O)C(=O)N2. The maximum absolute atomic E-state index is 11.8. The number of amides is 1. The number of methoxy groups -OCH3 is 1. The van der Waals surface area contributed by atoms with Crippen LogP contribution in [-0.4, -0.2) is 40.3 Å². The zero-order chi connectivity index (χ0) is 14.9. The third-order valence-electron chi connectivity index (χ3n) is 3.04. The Bertz CT molecular complexity index is 674. The first-order valence-corrected chi connectivity index (χ1v) is 5.84. The van der Waals surface area contributed by atoms with E-state index in [2.05, 4.69) is 10.3 Å². The minimum Gasteiger partial charge on any atom is -0.481 e. The summed E-state index contributed by atoms with van der Waals surface area (Å²) in [6.45, 7) is 0.340. The Morgan fingerprint density at radius 2 is 2.10 bits per heavy atom. The number of nitrogens with zero attached hydrogens (tertiary/aromatic N) is 1. The van der Waals surface area contributed by atoms with Crippen molar-refractivity contribution < 1.29 is 19.4 Å². The number of hydrogen-bond donors (Lipinski definition) is 3. The van der Waals surface area contributed by atoms with Gasteiger partial charge in [0.25, 0.3) is 5.56 Å². The minimum atomic E-state index is -1.20. The summed E-state index contributed by atoms with van der Waals surface area (Å²) in [7, 11) is 1.45. The molecular weight excluding hydrogens is 270 g/mol. The lowest BCUT2D eigenvalue weighted by molar-refractivity contribution is -0.138. The van der Waals surface area contributed by atoms with Crippen molar-refractivity contribution in [3.63, 3.8) is 0 Å². The van der Waals surface area contributed by atoms with Gasteiger partial charge in [-0.25, -0.2) is 4.79 Å². The number of ether oxygens (including phenoxy) is 1. The van der Waals surface area contributed by atoms with E-state index in [4.69, 9.17) is 9.84 Å². The number of fused-ring (bicyclic) bond motifs is 1. The van der Waals surface area contributed by atoms with Crippen molar-refractivity contribution in [2.75, 3.05) is 19.0 Å². The number of anilines is 1. The molecule has 20 heavy (non-hydrogen) atoms. The molecule has 9 nitrogen and oxygen atoms in total. The van der Waals surface area contributed by atoms with Crippen molar-refractivity contribution in [1.29, 1.82) is 0 Å². The molecule has 0 aliphatic carbocycles. The molecule has 0 bridgehead atoms. The molecule has 0 saturated carbocycles. The van der Waals surface area contributed by atoms with Gasteiger partial charge in [-0.3, -0.25) is 23.9 Å². The lowest BCUT2D eigenvalue weighted by Gasteiger charge is -2.10. The molecule has 9 heteroatoms. The molecule has 1 aromatic heterocycles. The number of hydrogen-bond acceptors (Lipinski definition) is 5. The fourth-order valence-electron chi connectivity index (χ4n) is 2.14. The Balaban J connectivity index is 2.55. The normalized spacial score (nSPS) is 16.9. The van der Waals surface area contributed by atoms with Crippen LogP contribution in [0.4, 0.5) is 5.82 Å². The molecule has 0 radical (unpaired) electrons. The van der Waals surface area contributed by atoms with E-state index in [1.54, 1.807) is 0 Å². The number of carboxylic acid groups (broad SMARTS) is 1. The van der Waals surface area contributed by atoms with E-state index < -0.39 is 35.5 Å². The van der Waals surface area contributed by atoms with Gasteiger partial charge in [0.05, 0.1) is 31.1 Å². The molecule has 1 unspecified atom stereocenters. The van der Waals surface area contributed by atoms with Crippen molar-refractivity contribution in [2.24, 2.45) is 0 Å². The van der Waals surface area contributed by atoms with E-state index in [1.807, 2.05) is 0 Å². The van der Waals surface area contributed by atoms with Crippen LogP contribution in [-0.2, 0) is 20.9 Å². The Morgan fingerprint density at radius 3 is 2.70 bits per heavy atom. The summed E-state index contributed by atoms with van der Waals surface area (Å²) in [5.41, 5.74) is -1.45. The first-order chi connectivity index (χ1) is 9.45. The summed E-state index contributed by atoms with van der Waals surface area (Å²) in [5.74, 6) is -2.86. The molecule has 0 spiro atoms. The van der Waals surface area contributed by atoms with Gasteiger partial charge in [0.1, 0.15) is 5.82 Å². The summed E-state index contributed by atoms with van der Waals surface area (Å²) in [4.78, 5) is 48.2. The Kier molecular flexibility index (Phi) is 3.70. The molecule has 3 N–H and O–H groups in total. The molecular formula is C11H13N3O6. The molecule has 1 amide bonds. The van der Waals surface area contributed by atoms with Gasteiger partial charge in [-0.2, -0.15) is 0 Å². The number of carboxylic acids is 1. The van der Waals surface area contributed by atoms with Gasteiger partial charge in [-0.05, 0) is 0 Å². The Morgan fingerprint density at radius 1 is 1.40 bits per heavy atom. The van der Waals surface area contributed by atoms with Crippen molar-refractivity contribution >= 4 is 17.7 Å². The third kappa shape index (κ3) is 2.35. The zero-order valence-corrected chi connectivity index (χ0v) is 10.6. The molecule has 2 rings (SSSR count). The van der Waals surface area contributed by atoms with E-state index in [-0.39, 0.29) is 24.5 Å². The first kappa shape index (κ1) is 14.0. The molecule has 108 valence electrons. The molecule has 1 atom stereocenters. The quantitative estimate of drug-likeness (QED) is 0.615. The standard InChI is InChI=1S/C11H13N3O6/c1-20-3-2-14-8-7(10(18)13-11(14)19)5(4-6(15)16)9(17)12-8/h5H,2-4H2,1H3,(H,12,17)(H,15,16)(H,13,18,19). The van der Waals surface area contributed by atoms with Crippen LogP contribution in [0.5, 0.6) is 0 Å². The summed E-state index contributed by atoms with van der Waals surface area (Å²) >= 11 is 0. The molecule has 2 heterocycles. The monoisotopic (exact) mass is 283 g/mol. The van der Waals surface area contributed by atoms with Crippen molar-refractivity contribution in [3.8, 4) is 0 Å². The Labute approximate surface area is 112 Å². The largest absolute Gasteiger partial charge is 0.481 e. The van der Waals surface area contributed by atoms with E-state index in [0.29, 0.717) is 0 Å². The first-order valence-electron chi connectivity index (χ1n) is 5.84. The number of H-pyrrole nitrogens is 1. The Hall–Kier alpha value is -2.42. The topological polar surface area (TPSA) is 130 Å².